The van der Waals surface area contributed by atoms with Crippen LogP contribution in [-0.4, -0.2) is 37.6 Å². The molecular weight excluding hydrogens is 286 g/mol. The van der Waals surface area contributed by atoms with Gasteiger partial charge in [0.05, 0.1) is 22.2 Å². The minimum Gasteiger partial charge on any atom is -0.383 e. The lowest BCUT2D eigenvalue weighted by atomic mass is 10.2. The van der Waals surface area contributed by atoms with Gasteiger partial charge >= 0.3 is 0 Å². The lowest BCUT2D eigenvalue weighted by Gasteiger charge is -2.08. The lowest BCUT2D eigenvalue weighted by molar-refractivity contribution is -0.384. The molecule has 0 unspecified atom stereocenters. The number of nitro benzene ring substituents is 1. The van der Waals surface area contributed by atoms with Crippen LogP contribution in [0.1, 0.15) is 6.42 Å². The fraction of sp³-hybridized carbons (Fsp3) is 0.417. The van der Waals surface area contributed by atoms with Crippen molar-refractivity contribution in [1.29, 1.82) is 0 Å². The molecule has 1 aromatic rings. The second-order valence-electron chi connectivity index (χ2n) is 3.94. The van der Waals surface area contributed by atoms with E-state index in [1.54, 1.807) is 7.11 Å². The second-order valence-corrected chi connectivity index (χ2v) is 4.35. The van der Waals surface area contributed by atoms with Gasteiger partial charge < -0.3 is 15.4 Å². The third-order valence-electron chi connectivity index (χ3n) is 2.46. The molecule has 0 bridgehead atoms. The number of nitro groups is 1. The van der Waals surface area contributed by atoms with Crippen LogP contribution in [-0.2, 0) is 9.53 Å². The van der Waals surface area contributed by atoms with Gasteiger partial charge in [-0.25, -0.2) is 0 Å². The number of hydrogen-bond acceptors (Lipinski definition) is 5. The molecule has 0 aromatic heterocycles. The predicted octanol–water partition coefficient (Wildman–Crippen LogP) is 1.81. The summed E-state index contributed by atoms with van der Waals surface area (Å²) >= 11 is 5.91. The maximum atomic E-state index is 11.4. The number of carbonyl (C=O) groups excluding carboxylic acids is 1. The predicted molar refractivity (Wildman–Crippen MR) is 76.1 cm³/mol. The maximum Gasteiger partial charge on any atom is 0.271 e. The normalized spacial score (nSPS) is 10.1. The first-order valence-electron chi connectivity index (χ1n) is 5.98. The summed E-state index contributed by atoms with van der Waals surface area (Å²) < 4.78 is 4.81. The highest BCUT2D eigenvalue weighted by atomic mass is 35.5. The fourth-order valence-corrected chi connectivity index (χ4v) is 1.69. The van der Waals surface area contributed by atoms with E-state index in [1.807, 2.05) is 0 Å². The van der Waals surface area contributed by atoms with E-state index in [-0.39, 0.29) is 23.0 Å². The van der Waals surface area contributed by atoms with Crippen molar-refractivity contribution >= 4 is 28.9 Å². The SMILES string of the molecule is COCCNC(=O)CCNc1ccc([N+](=O)[O-])cc1Cl. The first-order valence-corrected chi connectivity index (χ1v) is 6.36. The topological polar surface area (TPSA) is 93.5 Å². The molecule has 0 heterocycles. The first-order chi connectivity index (χ1) is 9.54. The molecule has 0 aliphatic heterocycles. The number of anilines is 1. The largest absolute Gasteiger partial charge is 0.383 e. The van der Waals surface area contributed by atoms with Crippen molar-refractivity contribution in [2.24, 2.45) is 0 Å². The molecule has 0 aliphatic carbocycles. The van der Waals surface area contributed by atoms with Gasteiger partial charge in [-0.1, -0.05) is 11.6 Å². The molecule has 2 N–H and O–H groups in total. The molecule has 7 nitrogen and oxygen atoms in total. The van der Waals surface area contributed by atoms with Crippen LogP contribution in [0.5, 0.6) is 0 Å². The number of nitrogens with one attached hydrogen (secondary N) is 2. The Bertz CT molecular complexity index is 482. The standard InChI is InChI=1S/C12H16ClN3O4/c1-20-7-6-15-12(17)4-5-14-11-3-2-9(16(18)19)8-10(11)13/h2-3,8,14H,4-7H2,1H3,(H,15,17). The van der Waals surface area contributed by atoms with Gasteiger partial charge in [-0.15, -0.1) is 0 Å². The van der Waals surface area contributed by atoms with Crippen molar-refractivity contribution < 1.29 is 14.5 Å². The molecule has 1 amide bonds. The second kappa shape index (κ2) is 8.34. The van der Waals surface area contributed by atoms with E-state index in [4.69, 9.17) is 16.3 Å². The van der Waals surface area contributed by atoms with Crippen molar-refractivity contribution in [3.63, 3.8) is 0 Å². The smallest absolute Gasteiger partial charge is 0.271 e. The van der Waals surface area contributed by atoms with Crippen LogP contribution in [0.3, 0.4) is 0 Å². The quantitative estimate of drug-likeness (QED) is 0.434. The molecule has 0 saturated heterocycles. The van der Waals surface area contributed by atoms with Gasteiger partial charge in [0.15, 0.2) is 0 Å². The van der Waals surface area contributed by atoms with E-state index in [2.05, 4.69) is 10.6 Å². The summed E-state index contributed by atoms with van der Waals surface area (Å²) in [4.78, 5) is 21.4. The van der Waals surface area contributed by atoms with Gasteiger partial charge in [-0.2, -0.15) is 0 Å². The van der Waals surface area contributed by atoms with E-state index < -0.39 is 4.92 Å². The van der Waals surface area contributed by atoms with Crippen molar-refractivity contribution in [3.05, 3.63) is 33.3 Å². The molecule has 0 fully saturated rings. The zero-order chi connectivity index (χ0) is 15.0. The van der Waals surface area contributed by atoms with E-state index in [0.29, 0.717) is 25.4 Å². The van der Waals surface area contributed by atoms with Gasteiger partial charge in [-0.05, 0) is 6.07 Å². The fourth-order valence-electron chi connectivity index (χ4n) is 1.45. The Kier molecular flexibility index (Phi) is 6.75. The number of nitrogens with zero attached hydrogens (tertiary/aromatic N) is 1. The van der Waals surface area contributed by atoms with Crippen molar-refractivity contribution in [2.45, 2.75) is 6.42 Å². The minimum atomic E-state index is -0.515. The van der Waals surface area contributed by atoms with Crippen LogP contribution in [0, 0.1) is 10.1 Å². The molecule has 0 radical (unpaired) electrons. The number of halogens is 1. The molecule has 0 aliphatic rings. The first kappa shape index (κ1) is 16.2. The summed E-state index contributed by atoms with van der Waals surface area (Å²) in [5, 5.41) is 16.4. The summed E-state index contributed by atoms with van der Waals surface area (Å²) in [6, 6.07) is 4.14. The van der Waals surface area contributed by atoms with Crippen LogP contribution in [0.4, 0.5) is 11.4 Å². The minimum absolute atomic E-state index is 0.0714. The zero-order valence-corrected chi connectivity index (χ0v) is 11.8. The van der Waals surface area contributed by atoms with Gasteiger partial charge in [0.2, 0.25) is 5.91 Å². The van der Waals surface area contributed by atoms with E-state index in [0.717, 1.165) is 0 Å². The Morgan fingerprint density at radius 1 is 1.45 bits per heavy atom. The van der Waals surface area contributed by atoms with Gasteiger partial charge in [0, 0.05) is 38.8 Å². The van der Waals surface area contributed by atoms with Crippen LogP contribution in [0.2, 0.25) is 5.02 Å². The summed E-state index contributed by atoms with van der Waals surface area (Å²) in [5.74, 6) is -0.104. The highest BCUT2D eigenvalue weighted by Crippen LogP contribution is 2.26. The Morgan fingerprint density at radius 2 is 2.20 bits per heavy atom. The monoisotopic (exact) mass is 301 g/mol. The molecule has 20 heavy (non-hydrogen) atoms. The van der Waals surface area contributed by atoms with Crippen molar-refractivity contribution in [1.82, 2.24) is 5.32 Å². The number of carbonyl (C=O) groups is 1. The van der Waals surface area contributed by atoms with Crippen LogP contribution in [0.25, 0.3) is 0 Å². The molecular formula is C12H16ClN3O4. The summed E-state index contributed by atoms with van der Waals surface area (Å²) in [5.41, 5.74) is 0.486. The third-order valence-corrected chi connectivity index (χ3v) is 2.77. The number of benzene rings is 1. The van der Waals surface area contributed by atoms with E-state index >= 15 is 0 Å². The van der Waals surface area contributed by atoms with Crippen molar-refractivity contribution in [3.8, 4) is 0 Å². The average Bonchev–Trinajstić information content (AvgIpc) is 2.40. The van der Waals surface area contributed by atoms with Crippen LogP contribution < -0.4 is 10.6 Å². The Hall–Kier alpha value is -1.86. The van der Waals surface area contributed by atoms with E-state index in [9.17, 15) is 14.9 Å². The molecule has 0 saturated carbocycles. The molecule has 110 valence electrons. The van der Waals surface area contributed by atoms with Gasteiger partial charge in [0.1, 0.15) is 0 Å². The molecule has 0 atom stereocenters. The molecule has 0 spiro atoms. The van der Waals surface area contributed by atoms with Gasteiger partial charge in [0.25, 0.3) is 5.69 Å². The number of non-ortho nitro benzene ring substituents is 1. The number of ether oxygens (including phenoxy) is 1. The number of amides is 1. The summed E-state index contributed by atoms with van der Waals surface area (Å²) in [6.07, 6.45) is 0.275. The average molecular weight is 302 g/mol. The highest BCUT2D eigenvalue weighted by Gasteiger charge is 2.09. The van der Waals surface area contributed by atoms with Crippen LogP contribution in [0.15, 0.2) is 18.2 Å². The Balaban J connectivity index is 2.38. The van der Waals surface area contributed by atoms with Crippen molar-refractivity contribution in [2.75, 3.05) is 32.1 Å². The molecule has 1 aromatic carbocycles. The Labute approximate surface area is 121 Å². The third kappa shape index (κ3) is 5.41. The van der Waals surface area contributed by atoms with Gasteiger partial charge in [-0.3, -0.25) is 14.9 Å². The van der Waals surface area contributed by atoms with E-state index in [1.165, 1.54) is 18.2 Å². The Morgan fingerprint density at radius 3 is 2.80 bits per heavy atom. The number of rotatable bonds is 8. The molecule has 1 rings (SSSR count). The summed E-state index contributed by atoms with van der Waals surface area (Å²) in [6.45, 7) is 1.32. The van der Waals surface area contributed by atoms with Crippen LogP contribution >= 0.6 is 11.6 Å². The number of methoxy groups -OCH3 is 1. The molecule has 8 heteroatoms. The maximum absolute atomic E-state index is 11.4. The lowest BCUT2D eigenvalue weighted by Crippen LogP contribution is -2.28. The number of hydrogen-bond donors (Lipinski definition) is 2. The zero-order valence-electron chi connectivity index (χ0n) is 11.0. The summed E-state index contributed by atoms with van der Waals surface area (Å²) in [7, 11) is 1.56. The highest BCUT2D eigenvalue weighted by molar-refractivity contribution is 6.33.